The van der Waals surface area contributed by atoms with E-state index in [0.717, 1.165) is 16.9 Å². The summed E-state index contributed by atoms with van der Waals surface area (Å²) in [4.78, 5) is 4.04. The van der Waals surface area contributed by atoms with E-state index in [-0.39, 0.29) is 0 Å². The normalized spacial score (nSPS) is 11.8. The number of nitrogens with zero attached hydrogens (tertiary/aromatic N) is 2. The summed E-state index contributed by atoms with van der Waals surface area (Å²) in [6, 6.07) is 64.4. The van der Waals surface area contributed by atoms with Crippen molar-refractivity contribution in [1.82, 2.24) is 4.57 Å². The van der Waals surface area contributed by atoms with Gasteiger partial charge in [-0.25, -0.2) is 0 Å². The highest BCUT2D eigenvalue weighted by molar-refractivity contribution is 6.24. The van der Waals surface area contributed by atoms with E-state index < -0.39 is 0 Å². The number of aryl methyl sites for hydroxylation is 1. The highest BCUT2D eigenvalue weighted by atomic mass is 15.0. The van der Waals surface area contributed by atoms with Crippen molar-refractivity contribution in [3.05, 3.63) is 193 Å². The Kier molecular flexibility index (Phi) is 7.56. The lowest BCUT2D eigenvalue weighted by Crippen LogP contribution is -1.96. The Hall–Kier alpha value is -7.03. The van der Waals surface area contributed by atoms with Crippen LogP contribution in [0.4, 0.5) is 0 Å². The minimum absolute atomic E-state index is 1.10. The number of aliphatic imine (C=N–C) groups is 1. The Labute approximate surface area is 314 Å². The van der Waals surface area contributed by atoms with E-state index >= 15 is 0 Å². The fourth-order valence-electron chi connectivity index (χ4n) is 8.57. The third-order valence-electron chi connectivity index (χ3n) is 11.1. The van der Waals surface area contributed by atoms with Crippen LogP contribution in [0.2, 0.25) is 0 Å². The molecule has 0 aliphatic carbocycles. The first-order chi connectivity index (χ1) is 26.7. The van der Waals surface area contributed by atoms with Gasteiger partial charge in [0.25, 0.3) is 0 Å². The maximum absolute atomic E-state index is 4.04. The molecule has 2 nitrogen and oxygen atoms in total. The molecular weight excluding hydrogens is 653 g/mol. The molecule has 54 heavy (non-hydrogen) atoms. The Balaban J connectivity index is 1.27. The molecule has 0 unspecified atom stereocenters. The molecule has 0 spiro atoms. The number of rotatable bonds is 6. The first-order valence-electron chi connectivity index (χ1n) is 18.5. The zero-order chi connectivity index (χ0) is 36.2. The van der Waals surface area contributed by atoms with Crippen LogP contribution in [0, 0.1) is 6.92 Å². The predicted molar refractivity (Wildman–Crippen MR) is 233 cm³/mol. The van der Waals surface area contributed by atoms with Crippen LogP contribution in [0.5, 0.6) is 0 Å². The van der Waals surface area contributed by atoms with Crippen molar-refractivity contribution < 1.29 is 0 Å². The summed E-state index contributed by atoms with van der Waals surface area (Å²) in [6.07, 6.45) is 3.83. The van der Waals surface area contributed by atoms with E-state index in [2.05, 4.69) is 205 Å². The van der Waals surface area contributed by atoms with Crippen molar-refractivity contribution in [1.29, 1.82) is 0 Å². The Morgan fingerprint density at radius 3 is 1.87 bits per heavy atom. The Morgan fingerprint density at radius 2 is 1.07 bits per heavy atom. The maximum atomic E-state index is 4.04. The molecule has 0 bridgehead atoms. The van der Waals surface area contributed by atoms with Gasteiger partial charge in [0.1, 0.15) is 0 Å². The van der Waals surface area contributed by atoms with Crippen LogP contribution in [-0.2, 0) is 0 Å². The Bertz CT molecular complexity index is 3120. The van der Waals surface area contributed by atoms with Gasteiger partial charge < -0.3 is 4.57 Å². The number of hydrogen-bond donors (Lipinski definition) is 0. The second kappa shape index (κ2) is 12.9. The van der Waals surface area contributed by atoms with Crippen LogP contribution in [0.1, 0.15) is 11.3 Å². The van der Waals surface area contributed by atoms with Crippen LogP contribution in [-0.4, -0.2) is 11.3 Å². The molecule has 0 aliphatic rings. The average molecular weight is 689 g/mol. The lowest BCUT2D eigenvalue weighted by molar-refractivity contribution is 1.10. The molecule has 0 saturated heterocycles. The van der Waals surface area contributed by atoms with Crippen molar-refractivity contribution in [2.75, 3.05) is 0 Å². The highest BCUT2D eigenvalue weighted by Gasteiger charge is 2.20. The highest BCUT2D eigenvalue weighted by Crippen LogP contribution is 2.47. The standard InChI is InChI=1S/C52H36N2/c1-34-47-32-39(26-28-50(47)54(49(34)29-30-53-2)41-17-4-3-5-18-41)38-25-27-46-48(33-38)52(43-22-12-16-36-14-8-9-19-42(36)43)45-21-11-10-20-44(45)51(46)40-24-23-35-13-6-7-15-37(35)31-40/h3-33H,2H2,1H3/b30-29-. The minimum atomic E-state index is 1.10. The van der Waals surface area contributed by atoms with Gasteiger partial charge in [0, 0.05) is 17.3 Å². The first-order valence-corrected chi connectivity index (χ1v) is 18.5. The van der Waals surface area contributed by atoms with Gasteiger partial charge in [-0.3, -0.25) is 4.99 Å². The summed E-state index contributed by atoms with van der Waals surface area (Å²) in [5, 5.41) is 11.2. The minimum Gasteiger partial charge on any atom is -0.310 e. The van der Waals surface area contributed by atoms with Crippen molar-refractivity contribution in [3.8, 4) is 39.1 Å². The monoisotopic (exact) mass is 688 g/mol. The number of benzene rings is 9. The molecular formula is C52H36N2. The van der Waals surface area contributed by atoms with Crippen molar-refractivity contribution in [3.63, 3.8) is 0 Å². The quantitative estimate of drug-likeness (QED) is 0.122. The fourth-order valence-corrected chi connectivity index (χ4v) is 8.57. The van der Waals surface area contributed by atoms with Crippen LogP contribution in [0.15, 0.2) is 187 Å². The maximum Gasteiger partial charge on any atom is 0.0538 e. The summed E-state index contributed by atoms with van der Waals surface area (Å²) in [5.41, 5.74) is 11.9. The molecule has 10 aromatic rings. The van der Waals surface area contributed by atoms with Crippen molar-refractivity contribution in [2.24, 2.45) is 4.99 Å². The molecule has 1 heterocycles. The fraction of sp³-hybridized carbons (Fsp3) is 0.0192. The molecule has 9 aromatic carbocycles. The molecule has 10 rings (SSSR count). The molecule has 0 N–H and O–H groups in total. The number of fused-ring (bicyclic) bond motifs is 5. The van der Waals surface area contributed by atoms with Gasteiger partial charge in [-0.1, -0.05) is 140 Å². The second-order valence-corrected chi connectivity index (χ2v) is 14.1. The van der Waals surface area contributed by atoms with Crippen molar-refractivity contribution >= 4 is 66.8 Å². The smallest absolute Gasteiger partial charge is 0.0538 e. The van der Waals surface area contributed by atoms with Gasteiger partial charge in [-0.05, 0) is 138 Å². The number of aromatic nitrogens is 1. The second-order valence-electron chi connectivity index (χ2n) is 14.1. The van der Waals surface area contributed by atoms with Gasteiger partial charge in [0.2, 0.25) is 0 Å². The largest absolute Gasteiger partial charge is 0.310 e. The van der Waals surface area contributed by atoms with Gasteiger partial charge >= 0.3 is 0 Å². The molecule has 0 fully saturated rings. The zero-order valence-electron chi connectivity index (χ0n) is 30.0. The molecule has 0 radical (unpaired) electrons. The first kappa shape index (κ1) is 31.7. The number of para-hydroxylation sites is 1. The average Bonchev–Trinajstić information content (AvgIpc) is 3.51. The summed E-state index contributed by atoms with van der Waals surface area (Å²) in [6.45, 7) is 5.90. The van der Waals surface area contributed by atoms with Crippen molar-refractivity contribution in [2.45, 2.75) is 6.92 Å². The zero-order valence-corrected chi connectivity index (χ0v) is 30.0. The Morgan fingerprint density at radius 1 is 0.463 bits per heavy atom. The number of hydrogen-bond acceptors (Lipinski definition) is 1. The summed E-state index contributed by atoms with van der Waals surface area (Å²) >= 11 is 0. The molecule has 0 amide bonds. The van der Waals surface area contributed by atoms with Crippen LogP contribution >= 0.6 is 0 Å². The van der Waals surface area contributed by atoms with E-state index in [1.807, 2.05) is 0 Å². The van der Waals surface area contributed by atoms with E-state index in [9.17, 15) is 0 Å². The van der Waals surface area contributed by atoms with E-state index in [0.29, 0.717) is 0 Å². The lowest BCUT2D eigenvalue weighted by Gasteiger charge is -2.20. The molecule has 0 aliphatic heterocycles. The van der Waals surface area contributed by atoms with E-state index in [1.165, 1.54) is 87.4 Å². The lowest BCUT2D eigenvalue weighted by atomic mass is 9.83. The van der Waals surface area contributed by atoms with Gasteiger partial charge in [0.05, 0.1) is 11.2 Å². The van der Waals surface area contributed by atoms with Gasteiger partial charge in [-0.2, -0.15) is 0 Å². The van der Waals surface area contributed by atoms with Crippen LogP contribution in [0.25, 0.3) is 99.1 Å². The van der Waals surface area contributed by atoms with Crippen LogP contribution < -0.4 is 0 Å². The third kappa shape index (κ3) is 5.07. The molecule has 0 saturated carbocycles. The summed E-state index contributed by atoms with van der Waals surface area (Å²) in [5.74, 6) is 0. The van der Waals surface area contributed by atoms with Gasteiger partial charge in [0.15, 0.2) is 0 Å². The third-order valence-corrected chi connectivity index (χ3v) is 11.1. The molecule has 0 atom stereocenters. The van der Waals surface area contributed by atoms with E-state index in [4.69, 9.17) is 0 Å². The topological polar surface area (TPSA) is 17.3 Å². The molecule has 254 valence electrons. The predicted octanol–water partition coefficient (Wildman–Crippen LogP) is 14.2. The molecule has 1 aromatic heterocycles. The SMILES string of the molecule is C=N/C=C\c1c(C)c2cc(-c3ccc4c(-c5ccc6ccccc6c5)c5ccccc5c(-c5cccc6ccccc56)c4c3)ccc2n1-c1ccccc1. The summed E-state index contributed by atoms with van der Waals surface area (Å²) < 4.78 is 2.32. The molecule has 2 heteroatoms. The van der Waals surface area contributed by atoms with Crippen LogP contribution in [0.3, 0.4) is 0 Å². The summed E-state index contributed by atoms with van der Waals surface area (Å²) in [7, 11) is 0. The van der Waals surface area contributed by atoms with E-state index in [1.54, 1.807) is 6.20 Å². The van der Waals surface area contributed by atoms with Gasteiger partial charge in [-0.15, -0.1) is 0 Å².